The largest absolute Gasteiger partial charge is 0.328 e. The van der Waals surface area contributed by atoms with Gasteiger partial charge in [0, 0.05) is 29.3 Å². The van der Waals surface area contributed by atoms with Gasteiger partial charge in [0.1, 0.15) is 0 Å². The molecule has 0 bridgehead atoms. The fraction of sp³-hybridized carbons (Fsp3) is 0.192. The number of anilines is 1. The molecule has 10 heteroatoms. The Morgan fingerprint density at radius 3 is 2.42 bits per heavy atom. The summed E-state index contributed by atoms with van der Waals surface area (Å²) < 4.78 is 1.82. The summed E-state index contributed by atoms with van der Waals surface area (Å²) in [4.78, 5) is 23.4. The molecule has 0 spiro atoms. The Morgan fingerprint density at radius 2 is 1.75 bits per heavy atom. The molecule has 1 heterocycles. The number of urea groups is 1. The van der Waals surface area contributed by atoms with Gasteiger partial charge in [-0.25, -0.2) is 4.79 Å². The molecule has 9 nitrogen and oxygen atoms in total. The monoisotopic (exact) mass is 502 g/mol. The third-order valence-corrected chi connectivity index (χ3v) is 6.69. The Labute approximate surface area is 213 Å². The quantitative estimate of drug-likeness (QED) is 0.174. The van der Waals surface area contributed by atoms with Crippen LogP contribution in [-0.2, 0) is 5.75 Å². The Kier molecular flexibility index (Phi) is 7.65. The number of carbonyl (C=O) groups excluding carboxylic acids is 1. The maximum atomic E-state index is 12.7. The topological polar surface area (TPSA) is 115 Å². The summed E-state index contributed by atoms with van der Waals surface area (Å²) in [6.07, 6.45) is 0. The molecule has 0 aliphatic heterocycles. The minimum atomic E-state index is -0.495. The number of benzene rings is 3. The van der Waals surface area contributed by atoms with Crippen molar-refractivity contribution in [2.24, 2.45) is 0 Å². The molecule has 4 rings (SSSR count). The van der Waals surface area contributed by atoms with E-state index in [0.29, 0.717) is 28.1 Å². The van der Waals surface area contributed by atoms with Crippen LogP contribution in [0.25, 0.3) is 5.69 Å². The second-order valence-corrected chi connectivity index (χ2v) is 9.29. The van der Waals surface area contributed by atoms with Gasteiger partial charge in [-0.15, -0.1) is 10.2 Å². The van der Waals surface area contributed by atoms with Crippen molar-refractivity contribution in [2.75, 3.05) is 5.32 Å². The van der Waals surface area contributed by atoms with Crippen LogP contribution in [-0.4, -0.2) is 25.7 Å². The van der Waals surface area contributed by atoms with Crippen LogP contribution in [0.2, 0.25) is 0 Å². The van der Waals surface area contributed by atoms with Crippen molar-refractivity contribution in [3.05, 3.63) is 105 Å². The first-order chi connectivity index (χ1) is 17.3. The van der Waals surface area contributed by atoms with Gasteiger partial charge in [0.05, 0.1) is 11.0 Å². The average molecular weight is 503 g/mol. The number of nitrogens with one attached hydrogen (secondary N) is 2. The number of aryl methyl sites for hydroxylation is 2. The first-order valence-corrected chi connectivity index (χ1v) is 12.3. The molecule has 0 aliphatic carbocycles. The van der Waals surface area contributed by atoms with Crippen LogP contribution in [0, 0.1) is 24.0 Å². The maximum absolute atomic E-state index is 12.7. The number of thioether (sulfide) groups is 1. The van der Waals surface area contributed by atoms with Gasteiger partial charge >= 0.3 is 6.03 Å². The van der Waals surface area contributed by atoms with Gasteiger partial charge in [-0.2, -0.15) is 0 Å². The zero-order valence-electron chi connectivity index (χ0n) is 20.1. The molecule has 2 amide bonds. The molecule has 1 aromatic heterocycles. The summed E-state index contributed by atoms with van der Waals surface area (Å²) in [6.45, 7) is 5.82. The molecule has 0 aliphatic rings. The summed E-state index contributed by atoms with van der Waals surface area (Å²) in [5.74, 6) is 1.18. The van der Waals surface area contributed by atoms with Crippen molar-refractivity contribution >= 4 is 29.2 Å². The number of carbonyl (C=O) groups is 1. The summed E-state index contributed by atoms with van der Waals surface area (Å²) in [6, 6.07) is 21.0. The second-order valence-electron chi connectivity index (χ2n) is 8.34. The molecule has 184 valence electrons. The van der Waals surface area contributed by atoms with Crippen molar-refractivity contribution < 1.29 is 9.72 Å². The molecule has 0 saturated heterocycles. The highest BCUT2D eigenvalue weighted by molar-refractivity contribution is 7.98. The fourth-order valence-electron chi connectivity index (χ4n) is 3.59. The first-order valence-electron chi connectivity index (χ1n) is 11.3. The van der Waals surface area contributed by atoms with Gasteiger partial charge in [0.25, 0.3) is 5.69 Å². The van der Waals surface area contributed by atoms with Crippen LogP contribution in [0.3, 0.4) is 0 Å². The lowest BCUT2D eigenvalue weighted by atomic mass is 10.1. The molecule has 0 radical (unpaired) electrons. The van der Waals surface area contributed by atoms with E-state index in [4.69, 9.17) is 0 Å². The van der Waals surface area contributed by atoms with Crippen molar-refractivity contribution in [3.8, 4) is 5.69 Å². The van der Waals surface area contributed by atoms with Crippen LogP contribution < -0.4 is 10.6 Å². The van der Waals surface area contributed by atoms with Crippen LogP contribution in [0.5, 0.6) is 0 Å². The highest BCUT2D eigenvalue weighted by Crippen LogP contribution is 2.28. The van der Waals surface area contributed by atoms with E-state index in [-0.39, 0.29) is 11.7 Å². The number of amides is 2. The molecular formula is C26H26N6O3S. The third kappa shape index (κ3) is 5.89. The lowest BCUT2D eigenvalue weighted by Gasteiger charge is -2.17. The average Bonchev–Trinajstić information content (AvgIpc) is 3.30. The van der Waals surface area contributed by atoms with E-state index in [2.05, 4.69) is 20.8 Å². The lowest BCUT2D eigenvalue weighted by Crippen LogP contribution is -2.32. The van der Waals surface area contributed by atoms with Crippen LogP contribution in [0.1, 0.15) is 35.5 Å². The van der Waals surface area contributed by atoms with Gasteiger partial charge in [0.15, 0.2) is 11.0 Å². The predicted molar refractivity (Wildman–Crippen MR) is 141 cm³/mol. The molecule has 2 N–H and O–H groups in total. The predicted octanol–water partition coefficient (Wildman–Crippen LogP) is 5.97. The van der Waals surface area contributed by atoms with Gasteiger partial charge < -0.3 is 10.6 Å². The number of nitrogens with zero attached hydrogens (tertiary/aromatic N) is 4. The number of non-ortho nitro benzene ring substituents is 1. The number of nitro benzene ring substituents is 1. The van der Waals surface area contributed by atoms with Gasteiger partial charge in [0.2, 0.25) is 0 Å². The molecule has 1 unspecified atom stereocenters. The van der Waals surface area contributed by atoms with Crippen LogP contribution in [0.4, 0.5) is 16.2 Å². The number of hydrogen-bond acceptors (Lipinski definition) is 6. The summed E-state index contributed by atoms with van der Waals surface area (Å²) in [5, 5.41) is 26.2. The highest BCUT2D eigenvalue weighted by atomic mass is 32.2. The van der Waals surface area contributed by atoms with Gasteiger partial charge in [-0.3, -0.25) is 14.7 Å². The molecule has 0 fully saturated rings. The standard InChI is InChI=1S/C26H26N6O3S/c1-17-9-10-21(15-18(17)2)28-25(33)27-19(3)24-29-30-26(36-16-20-7-5-4-6-8-20)31(24)22-11-13-23(14-12-22)32(34)35/h4-15,19H,16H2,1-3H3,(H2,27,28,33). The van der Waals surface area contributed by atoms with Crippen molar-refractivity contribution in [3.63, 3.8) is 0 Å². The Hall–Kier alpha value is -4.18. The SMILES string of the molecule is Cc1ccc(NC(=O)NC(C)c2nnc(SCc3ccccc3)n2-c2ccc([N+](=O)[O-])cc2)cc1C. The molecule has 4 aromatic rings. The van der Waals surface area contributed by atoms with Crippen LogP contribution >= 0.6 is 11.8 Å². The number of aromatic nitrogens is 3. The molecule has 0 saturated carbocycles. The zero-order valence-corrected chi connectivity index (χ0v) is 21.0. The van der Waals surface area contributed by atoms with E-state index in [0.717, 1.165) is 16.7 Å². The van der Waals surface area contributed by atoms with Crippen molar-refractivity contribution in [1.82, 2.24) is 20.1 Å². The molecule has 36 heavy (non-hydrogen) atoms. The highest BCUT2D eigenvalue weighted by Gasteiger charge is 2.22. The normalized spacial score (nSPS) is 11.6. The van der Waals surface area contributed by atoms with E-state index in [1.54, 1.807) is 12.1 Å². The summed E-state index contributed by atoms with van der Waals surface area (Å²) in [7, 11) is 0. The van der Waals surface area contributed by atoms with Crippen molar-refractivity contribution in [1.29, 1.82) is 0 Å². The number of hydrogen-bond donors (Lipinski definition) is 2. The maximum Gasteiger partial charge on any atom is 0.319 e. The molecular weight excluding hydrogens is 476 g/mol. The van der Waals surface area contributed by atoms with Crippen LogP contribution in [0.15, 0.2) is 78.0 Å². The Morgan fingerprint density at radius 1 is 1.03 bits per heavy atom. The third-order valence-electron chi connectivity index (χ3n) is 5.69. The van der Waals surface area contributed by atoms with Crippen molar-refractivity contribution in [2.45, 2.75) is 37.7 Å². The summed E-state index contributed by atoms with van der Waals surface area (Å²) >= 11 is 1.50. The Bertz CT molecular complexity index is 1370. The lowest BCUT2D eigenvalue weighted by molar-refractivity contribution is -0.384. The molecule has 1 atom stereocenters. The minimum absolute atomic E-state index is 0.00851. The van der Waals surface area contributed by atoms with E-state index in [9.17, 15) is 14.9 Å². The van der Waals surface area contributed by atoms with E-state index in [1.165, 1.54) is 23.9 Å². The van der Waals surface area contributed by atoms with Gasteiger partial charge in [-0.1, -0.05) is 48.2 Å². The zero-order chi connectivity index (χ0) is 25.7. The van der Waals surface area contributed by atoms with E-state index >= 15 is 0 Å². The fourth-order valence-corrected chi connectivity index (χ4v) is 4.51. The number of rotatable bonds is 8. The second kappa shape index (κ2) is 11.0. The molecule has 3 aromatic carbocycles. The first kappa shape index (κ1) is 24.9. The van der Waals surface area contributed by atoms with Gasteiger partial charge in [-0.05, 0) is 61.7 Å². The smallest absolute Gasteiger partial charge is 0.319 e. The van der Waals surface area contributed by atoms with E-state index in [1.807, 2.05) is 73.9 Å². The number of nitro groups is 1. The van der Waals surface area contributed by atoms with E-state index < -0.39 is 11.0 Å². The summed E-state index contributed by atoms with van der Waals surface area (Å²) in [5.41, 5.74) is 4.70. The minimum Gasteiger partial charge on any atom is -0.328 e. The Balaban J connectivity index is 1.58.